The summed E-state index contributed by atoms with van der Waals surface area (Å²) in [5, 5.41) is 3.26. The van der Waals surface area contributed by atoms with Gasteiger partial charge in [-0.25, -0.2) is 4.99 Å². The highest BCUT2D eigenvalue weighted by molar-refractivity contribution is 8.18. The second-order valence-electron chi connectivity index (χ2n) is 5.87. The first-order chi connectivity index (χ1) is 12.6. The van der Waals surface area contributed by atoms with Gasteiger partial charge in [-0.05, 0) is 64.4 Å². The van der Waals surface area contributed by atoms with E-state index in [1.54, 1.807) is 18.4 Å². The molecule has 26 heavy (non-hydrogen) atoms. The topological polar surface area (TPSA) is 73.8 Å². The Morgan fingerprint density at radius 2 is 2.15 bits per heavy atom. The molecular weight excluding hydrogens is 368 g/mol. The number of carbonyl (C=O) groups is 1. The Morgan fingerprint density at radius 1 is 1.31 bits per heavy atom. The van der Waals surface area contributed by atoms with Crippen LogP contribution in [0, 0.1) is 0 Å². The van der Waals surface area contributed by atoms with Crippen LogP contribution in [0.15, 0.2) is 57.3 Å². The van der Waals surface area contributed by atoms with Crippen molar-refractivity contribution in [3.63, 3.8) is 0 Å². The Hall–Kier alpha value is -2.22. The zero-order valence-electron chi connectivity index (χ0n) is 14.0. The summed E-state index contributed by atoms with van der Waals surface area (Å²) in [6.07, 6.45) is 4.36. The summed E-state index contributed by atoms with van der Waals surface area (Å²) >= 11 is 0.137. The molecule has 1 unspecified atom stereocenters. The van der Waals surface area contributed by atoms with E-state index in [4.69, 9.17) is 4.74 Å². The molecule has 0 spiro atoms. The number of carbonyl (C=O) groups excluding carboxylic acids is 1. The van der Waals surface area contributed by atoms with Gasteiger partial charge in [-0.2, -0.15) is 0 Å². The fourth-order valence-electron chi connectivity index (χ4n) is 2.83. The molecule has 1 fully saturated rings. The van der Waals surface area contributed by atoms with Crippen LogP contribution in [0.1, 0.15) is 11.1 Å². The van der Waals surface area contributed by atoms with Crippen LogP contribution < -0.4 is 10.1 Å². The van der Waals surface area contributed by atoms with Crippen LogP contribution in [0.25, 0.3) is 6.08 Å². The summed E-state index contributed by atoms with van der Waals surface area (Å²) in [6.45, 7) is 0.708. The number of nitrogens with one attached hydrogen (secondary N) is 1. The Morgan fingerprint density at radius 3 is 3.00 bits per heavy atom. The summed E-state index contributed by atoms with van der Waals surface area (Å²) in [6, 6.07) is 13.2. The van der Waals surface area contributed by atoms with Gasteiger partial charge in [0, 0.05) is 6.42 Å². The molecule has 4 rings (SSSR count). The molecule has 0 aromatic heterocycles. The Labute approximate surface area is 158 Å². The van der Waals surface area contributed by atoms with Crippen molar-refractivity contribution in [2.24, 2.45) is 4.99 Å². The minimum absolute atomic E-state index is 0.180. The number of hydrogen-bond acceptors (Lipinski definition) is 5. The van der Waals surface area contributed by atoms with Gasteiger partial charge < -0.3 is 14.6 Å². The van der Waals surface area contributed by atoms with Gasteiger partial charge in [0.1, 0.15) is 17.7 Å². The van der Waals surface area contributed by atoms with Crippen LogP contribution >= 0.6 is 11.8 Å². The highest BCUT2D eigenvalue weighted by atomic mass is 32.2. The largest absolute Gasteiger partial charge is 0.612 e. The smallest absolute Gasteiger partial charge is 0.264 e. The first-order valence-corrected chi connectivity index (χ1v) is 10.5. The van der Waals surface area contributed by atoms with Gasteiger partial charge in [-0.3, -0.25) is 4.79 Å². The highest BCUT2D eigenvalue weighted by Gasteiger charge is 2.25. The van der Waals surface area contributed by atoms with Crippen molar-refractivity contribution in [1.29, 1.82) is 0 Å². The van der Waals surface area contributed by atoms with Gasteiger partial charge in [-0.15, -0.1) is 0 Å². The molecule has 2 aliphatic rings. The monoisotopic (exact) mass is 384 g/mol. The van der Waals surface area contributed by atoms with Gasteiger partial charge in [0.15, 0.2) is 10.1 Å². The standard InChI is InChI=1S/C19H16N2O3S2/c1-26(23)17-5-3-2-4-14(17)20-19-21-18(22)16(25-19)11-12-6-7-15-13(10-12)8-9-24-15/h2-7,10-11H,8-9H2,1H3,(H,20,21,22). The van der Waals surface area contributed by atoms with Crippen molar-refractivity contribution >= 4 is 45.8 Å². The second kappa shape index (κ2) is 7.19. The zero-order valence-corrected chi connectivity index (χ0v) is 15.7. The molecule has 0 aliphatic carbocycles. The predicted molar refractivity (Wildman–Crippen MR) is 105 cm³/mol. The molecule has 1 N–H and O–H groups in total. The van der Waals surface area contributed by atoms with Crippen molar-refractivity contribution < 1.29 is 14.1 Å². The summed E-state index contributed by atoms with van der Waals surface area (Å²) in [5.74, 6) is 0.739. The number of para-hydroxylation sites is 1. The average Bonchev–Trinajstić information content (AvgIpc) is 3.21. The number of nitrogens with zero attached hydrogens (tertiary/aromatic N) is 1. The van der Waals surface area contributed by atoms with Gasteiger partial charge in [-0.1, -0.05) is 18.2 Å². The van der Waals surface area contributed by atoms with Gasteiger partial charge in [0.25, 0.3) is 5.91 Å². The fraction of sp³-hybridized carbons (Fsp3) is 0.158. The normalized spacial score (nSPS) is 20.2. The third-order valence-corrected chi connectivity index (χ3v) is 5.93. The molecule has 1 saturated heterocycles. The molecule has 132 valence electrons. The number of benzene rings is 2. The minimum Gasteiger partial charge on any atom is -0.612 e. The first-order valence-electron chi connectivity index (χ1n) is 8.08. The van der Waals surface area contributed by atoms with E-state index >= 15 is 0 Å². The molecule has 7 heteroatoms. The lowest BCUT2D eigenvalue weighted by Gasteiger charge is -2.06. The number of fused-ring (bicyclic) bond motifs is 1. The summed E-state index contributed by atoms with van der Waals surface area (Å²) in [5.41, 5.74) is 2.73. The van der Waals surface area contributed by atoms with E-state index in [9.17, 15) is 9.35 Å². The van der Waals surface area contributed by atoms with E-state index in [-0.39, 0.29) is 5.91 Å². The maximum atomic E-state index is 12.3. The molecule has 1 amide bonds. The molecule has 0 bridgehead atoms. The first kappa shape index (κ1) is 17.2. The van der Waals surface area contributed by atoms with E-state index in [0.29, 0.717) is 27.3 Å². The molecule has 2 aromatic carbocycles. The lowest BCUT2D eigenvalue weighted by atomic mass is 10.1. The SMILES string of the molecule is C[S+]([O-])c1ccccc1N=C1NC(=O)C(=Cc2ccc3c(c2)CCO3)S1. The fourth-order valence-corrected chi connectivity index (χ4v) is 4.34. The van der Waals surface area contributed by atoms with Gasteiger partial charge in [0.05, 0.1) is 11.5 Å². The molecular formula is C19H16N2O3S2. The highest BCUT2D eigenvalue weighted by Crippen LogP contribution is 2.32. The third kappa shape index (κ3) is 3.51. The Balaban J connectivity index is 1.59. The summed E-state index contributed by atoms with van der Waals surface area (Å²) < 4.78 is 17.3. The number of rotatable bonds is 3. The molecule has 2 heterocycles. The minimum atomic E-state index is -1.15. The Bertz CT molecular complexity index is 938. The lowest BCUT2D eigenvalue weighted by Crippen LogP contribution is -2.19. The molecule has 2 aliphatic heterocycles. The number of amidine groups is 1. The number of hydrogen-bond donors (Lipinski definition) is 1. The lowest BCUT2D eigenvalue weighted by molar-refractivity contribution is -0.115. The van der Waals surface area contributed by atoms with Crippen LogP contribution in [0.2, 0.25) is 0 Å². The van der Waals surface area contributed by atoms with Crippen molar-refractivity contribution in [1.82, 2.24) is 5.32 Å². The molecule has 5 nitrogen and oxygen atoms in total. The zero-order chi connectivity index (χ0) is 18.1. The van der Waals surface area contributed by atoms with Crippen LogP contribution in [0.5, 0.6) is 5.75 Å². The quantitative estimate of drug-likeness (QED) is 0.651. The van der Waals surface area contributed by atoms with Crippen LogP contribution in [-0.4, -0.2) is 28.5 Å². The van der Waals surface area contributed by atoms with E-state index in [0.717, 1.165) is 23.3 Å². The number of ether oxygens (including phenoxy) is 1. The Kier molecular flexibility index (Phi) is 4.76. The van der Waals surface area contributed by atoms with E-state index in [1.165, 1.54) is 11.8 Å². The van der Waals surface area contributed by atoms with E-state index < -0.39 is 11.2 Å². The molecule has 1 atom stereocenters. The average molecular weight is 384 g/mol. The van der Waals surface area contributed by atoms with Gasteiger partial charge >= 0.3 is 0 Å². The van der Waals surface area contributed by atoms with Crippen LogP contribution in [-0.2, 0) is 22.4 Å². The van der Waals surface area contributed by atoms with Gasteiger partial charge in [0.2, 0.25) is 0 Å². The van der Waals surface area contributed by atoms with Crippen LogP contribution in [0.3, 0.4) is 0 Å². The predicted octanol–water partition coefficient (Wildman–Crippen LogP) is 3.25. The maximum Gasteiger partial charge on any atom is 0.264 e. The van der Waals surface area contributed by atoms with Crippen molar-refractivity contribution in [2.45, 2.75) is 11.3 Å². The van der Waals surface area contributed by atoms with Crippen molar-refractivity contribution in [3.05, 3.63) is 58.5 Å². The maximum absolute atomic E-state index is 12.3. The van der Waals surface area contributed by atoms with Crippen molar-refractivity contribution in [2.75, 3.05) is 12.9 Å². The van der Waals surface area contributed by atoms with E-state index in [1.807, 2.05) is 36.4 Å². The number of aliphatic imine (C=N–C) groups is 1. The summed E-state index contributed by atoms with van der Waals surface area (Å²) in [4.78, 5) is 18.0. The third-order valence-electron chi connectivity index (χ3n) is 4.06. The number of amides is 1. The molecule has 2 aromatic rings. The molecule has 0 radical (unpaired) electrons. The molecule has 0 saturated carbocycles. The second-order valence-corrected chi connectivity index (χ2v) is 8.25. The summed E-state index contributed by atoms with van der Waals surface area (Å²) in [7, 11) is 0. The van der Waals surface area contributed by atoms with Crippen LogP contribution in [0.4, 0.5) is 5.69 Å². The van der Waals surface area contributed by atoms with E-state index in [2.05, 4.69) is 10.3 Å². The van der Waals surface area contributed by atoms with Crippen molar-refractivity contribution in [3.8, 4) is 5.75 Å². The number of thioether (sulfide) groups is 1.